The summed E-state index contributed by atoms with van der Waals surface area (Å²) < 4.78 is 32.7. The van der Waals surface area contributed by atoms with Gasteiger partial charge in [0.15, 0.2) is 0 Å². The van der Waals surface area contributed by atoms with Crippen molar-refractivity contribution in [2.75, 3.05) is 13.2 Å². The first-order valence-corrected chi connectivity index (χ1v) is 8.38. The molecule has 0 atom stereocenters. The number of primary sulfonamides is 1. The lowest BCUT2D eigenvalue weighted by Gasteiger charge is -2.07. The van der Waals surface area contributed by atoms with Crippen LogP contribution in [0.5, 0.6) is 5.75 Å². The molecule has 2 aromatic rings. The minimum absolute atomic E-state index is 0.0236. The zero-order valence-corrected chi connectivity index (χ0v) is 13.3. The number of carbonyl (C=O) groups excluding carboxylic acids is 1. The number of sulfonamides is 1. The third-order valence-electron chi connectivity index (χ3n) is 2.99. The van der Waals surface area contributed by atoms with Crippen LogP contribution in [0.1, 0.15) is 15.9 Å². The number of hydrogen-bond donors (Lipinski definition) is 1. The van der Waals surface area contributed by atoms with Crippen LogP contribution in [-0.4, -0.2) is 27.6 Å². The molecule has 2 N–H and O–H groups in total. The summed E-state index contributed by atoms with van der Waals surface area (Å²) in [6.45, 7) is 0.169. The summed E-state index contributed by atoms with van der Waals surface area (Å²) >= 11 is 0. The van der Waals surface area contributed by atoms with E-state index in [1.807, 2.05) is 6.07 Å². The van der Waals surface area contributed by atoms with Crippen LogP contribution in [0, 0.1) is 11.3 Å². The molecule has 7 nitrogen and oxygen atoms in total. The van der Waals surface area contributed by atoms with Crippen molar-refractivity contribution in [3.8, 4) is 11.8 Å². The fourth-order valence-corrected chi connectivity index (χ4v) is 2.30. The molecular formula is C16H14N2O5S. The highest BCUT2D eigenvalue weighted by atomic mass is 32.2. The van der Waals surface area contributed by atoms with Crippen LogP contribution in [0.2, 0.25) is 0 Å². The van der Waals surface area contributed by atoms with Crippen molar-refractivity contribution in [2.24, 2.45) is 5.14 Å². The Labute approximate surface area is 139 Å². The molecule has 0 aliphatic rings. The topological polar surface area (TPSA) is 119 Å². The van der Waals surface area contributed by atoms with Gasteiger partial charge in [-0.05, 0) is 48.5 Å². The Hall–Kier alpha value is -2.89. The summed E-state index contributed by atoms with van der Waals surface area (Å²) in [5.41, 5.74) is 0.734. The van der Waals surface area contributed by atoms with Gasteiger partial charge in [0.2, 0.25) is 10.0 Å². The first-order chi connectivity index (χ1) is 11.4. The number of rotatable bonds is 6. The highest BCUT2D eigenvalue weighted by molar-refractivity contribution is 7.89. The number of hydrogen-bond acceptors (Lipinski definition) is 6. The molecule has 0 aliphatic heterocycles. The Balaban J connectivity index is 1.81. The van der Waals surface area contributed by atoms with Crippen molar-refractivity contribution < 1.29 is 22.7 Å². The molecular weight excluding hydrogens is 332 g/mol. The number of ether oxygens (including phenoxy) is 2. The zero-order chi connectivity index (χ0) is 17.6. The van der Waals surface area contributed by atoms with Crippen molar-refractivity contribution in [3.63, 3.8) is 0 Å². The lowest BCUT2D eigenvalue weighted by Crippen LogP contribution is -2.14. The summed E-state index contributed by atoms with van der Waals surface area (Å²) in [7, 11) is -3.79. The summed E-state index contributed by atoms with van der Waals surface area (Å²) in [4.78, 5) is 11.7. The zero-order valence-electron chi connectivity index (χ0n) is 12.5. The molecule has 8 heteroatoms. The van der Waals surface area contributed by atoms with Gasteiger partial charge in [-0.15, -0.1) is 0 Å². The summed E-state index contributed by atoms with van der Waals surface area (Å²) in [5.74, 6) is -0.0399. The lowest BCUT2D eigenvalue weighted by atomic mass is 10.2. The normalized spacial score (nSPS) is 10.7. The van der Waals surface area contributed by atoms with Crippen molar-refractivity contribution in [3.05, 3.63) is 59.7 Å². The Morgan fingerprint density at radius 3 is 2.21 bits per heavy atom. The Morgan fingerprint density at radius 2 is 1.67 bits per heavy atom. The standard InChI is InChI=1S/C16H14N2O5S/c17-11-12-1-5-14(6-2-12)22-9-10-23-16(19)13-3-7-15(8-4-13)24(18,20)21/h1-8H,9-10H2,(H2,18,20,21). The van der Waals surface area contributed by atoms with E-state index in [2.05, 4.69) is 0 Å². The fraction of sp³-hybridized carbons (Fsp3) is 0.125. The van der Waals surface area contributed by atoms with E-state index in [0.29, 0.717) is 11.3 Å². The van der Waals surface area contributed by atoms with E-state index in [9.17, 15) is 13.2 Å². The monoisotopic (exact) mass is 346 g/mol. The molecule has 0 bridgehead atoms. The van der Waals surface area contributed by atoms with E-state index in [4.69, 9.17) is 19.9 Å². The van der Waals surface area contributed by atoms with Gasteiger partial charge in [-0.25, -0.2) is 18.4 Å². The highest BCUT2D eigenvalue weighted by Crippen LogP contribution is 2.12. The highest BCUT2D eigenvalue weighted by Gasteiger charge is 2.11. The molecule has 0 saturated carbocycles. The molecule has 0 amide bonds. The minimum Gasteiger partial charge on any atom is -0.490 e. The average Bonchev–Trinajstić information content (AvgIpc) is 2.58. The van der Waals surface area contributed by atoms with Gasteiger partial charge in [0.25, 0.3) is 0 Å². The summed E-state index contributed by atoms with van der Waals surface area (Å²) in [6.07, 6.45) is 0. The summed E-state index contributed by atoms with van der Waals surface area (Å²) in [5, 5.41) is 13.7. The second kappa shape index (κ2) is 7.59. The molecule has 24 heavy (non-hydrogen) atoms. The van der Waals surface area contributed by atoms with Crippen LogP contribution in [0.15, 0.2) is 53.4 Å². The largest absolute Gasteiger partial charge is 0.490 e. The third kappa shape index (κ3) is 4.81. The van der Waals surface area contributed by atoms with Crippen LogP contribution < -0.4 is 9.88 Å². The Morgan fingerprint density at radius 1 is 1.04 bits per heavy atom. The SMILES string of the molecule is N#Cc1ccc(OCCOC(=O)c2ccc(S(N)(=O)=O)cc2)cc1. The van der Waals surface area contributed by atoms with E-state index in [0.717, 1.165) is 0 Å². The van der Waals surface area contributed by atoms with Gasteiger partial charge in [-0.3, -0.25) is 0 Å². The van der Waals surface area contributed by atoms with Crippen molar-refractivity contribution in [1.29, 1.82) is 5.26 Å². The molecule has 0 heterocycles. The van der Waals surface area contributed by atoms with Crippen LogP contribution in [-0.2, 0) is 14.8 Å². The van der Waals surface area contributed by atoms with Crippen molar-refractivity contribution >= 4 is 16.0 Å². The van der Waals surface area contributed by atoms with Gasteiger partial charge >= 0.3 is 5.97 Å². The van der Waals surface area contributed by atoms with Crippen LogP contribution >= 0.6 is 0 Å². The molecule has 0 unspecified atom stereocenters. The van der Waals surface area contributed by atoms with Crippen LogP contribution in [0.3, 0.4) is 0 Å². The number of benzene rings is 2. The minimum atomic E-state index is -3.79. The molecule has 0 aromatic heterocycles. The predicted molar refractivity (Wildman–Crippen MR) is 84.7 cm³/mol. The van der Waals surface area contributed by atoms with Gasteiger partial charge in [0.1, 0.15) is 19.0 Å². The molecule has 0 saturated heterocycles. The first-order valence-electron chi connectivity index (χ1n) is 6.83. The van der Waals surface area contributed by atoms with Crippen LogP contribution in [0.4, 0.5) is 0 Å². The maximum Gasteiger partial charge on any atom is 0.338 e. The van der Waals surface area contributed by atoms with Crippen molar-refractivity contribution in [1.82, 2.24) is 0 Å². The molecule has 0 fully saturated rings. The van der Waals surface area contributed by atoms with E-state index >= 15 is 0 Å². The quantitative estimate of drug-likeness (QED) is 0.624. The molecule has 124 valence electrons. The van der Waals surface area contributed by atoms with Gasteiger partial charge in [0.05, 0.1) is 22.1 Å². The Kier molecular flexibility index (Phi) is 5.52. The predicted octanol–water partition coefficient (Wildman–Crippen LogP) is 1.44. The third-order valence-corrected chi connectivity index (χ3v) is 3.92. The van der Waals surface area contributed by atoms with Gasteiger partial charge < -0.3 is 9.47 Å². The number of nitriles is 1. The van der Waals surface area contributed by atoms with E-state index in [-0.39, 0.29) is 23.7 Å². The fourth-order valence-electron chi connectivity index (χ4n) is 1.78. The van der Waals surface area contributed by atoms with E-state index in [1.165, 1.54) is 24.3 Å². The number of nitrogens with zero attached hydrogens (tertiary/aromatic N) is 1. The number of nitrogens with two attached hydrogens (primary N) is 1. The number of esters is 1. The smallest absolute Gasteiger partial charge is 0.338 e. The molecule has 0 aliphatic carbocycles. The van der Waals surface area contributed by atoms with Crippen molar-refractivity contribution in [2.45, 2.75) is 4.90 Å². The van der Waals surface area contributed by atoms with Crippen LogP contribution in [0.25, 0.3) is 0 Å². The molecule has 0 spiro atoms. The molecule has 2 rings (SSSR count). The molecule has 0 radical (unpaired) electrons. The maximum atomic E-state index is 11.8. The average molecular weight is 346 g/mol. The molecule has 2 aromatic carbocycles. The second-order valence-electron chi connectivity index (χ2n) is 4.69. The lowest BCUT2D eigenvalue weighted by molar-refractivity contribution is 0.0450. The van der Waals surface area contributed by atoms with E-state index < -0.39 is 16.0 Å². The number of carbonyl (C=O) groups is 1. The van der Waals surface area contributed by atoms with Gasteiger partial charge in [0, 0.05) is 0 Å². The maximum absolute atomic E-state index is 11.8. The van der Waals surface area contributed by atoms with Gasteiger partial charge in [-0.1, -0.05) is 0 Å². The van der Waals surface area contributed by atoms with Gasteiger partial charge in [-0.2, -0.15) is 5.26 Å². The Bertz CT molecular complexity index is 853. The van der Waals surface area contributed by atoms with E-state index in [1.54, 1.807) is 24.3 Å². The first kappa shape index (κ1) is 17.5. The second-order valence-corrected chi connectivity index (χ2v) is 6.25. The summed E-state index contributed by atoms with van der Waals surface area (Å²) in [6, 6.07) is 13.6.